The van der Waals surface area contributed by atoms with Crippen LogP contribution < -0.4 is 0 Å². The summed E-state index contributed by atoms with van der Waals surface area (Å²) < 4.78 is 38.6. The van der Waals surface area contributed by atoms with Crippen LogP contribution in [0.4, 0.5) is 13.2 Å². The van der Waals surface area contributed by atoms with E-state index in [0.29, 0.717) is 0 Å². The molecule has 1 saturated carbocycles. The maximum atomic E-state index is 12.9. The lowest BCUT2D eigenvalue weighted by molar-refractivity contribution is -0.165. The zero-order chi connectivity index (χ0) is 18.1. The minimum Gasteiger partial charge on any atom is -0.339 e. The zero-order valence-corrected chi connectivity index (χ0v) is 14.7. The molecule has 4 nitrogen and oxygen atoms in total. The van der Waals surface area contributed by atoms with Crippen LogP contribution in [0.25, 0.3) is 0 Å². The Hall–Kier alpha value is -1.27. The van der Waals surface area contributed by atoms with Crippen molar-refractivity contribution in [2.45, 2.75) is 65.1 Å². The van der Waals surface area contributed by atoms with Crippen LogP contribution in [0.3, 0.4) is 0 Å². The van der Waals surface area contributed by atoms with Crippen LogP contribution in [0.15, 0.2) is 0 Å². The van der Waals surface area contributed by atoms with Crippen LogP contribution in [0.5, 0.6) is 0 Å². The first-order chi connectivity index (χ1) is 11.0. The summed E-state index contributed by atoms with van der Waals surface area (Å²) in [4.78, 5) is 27.5. The minimum absolute atomic E-state index is 0.0272. The smallest absolute Gasteiger partial charge is 0.339 e. The Morgan fingerprint density at radius 3 is 2.25 bits per heavy atom. The molecular weight excluding hydrogens is 321 g/mol. The molecule has 24 heavy (non-hydrogen) atoms. The third-order valence-corrected chi connectivity index (χ3v) is 4.62. The largest absolute Gasteiger partial charge is 0.406 e. The predicted molar refractivity (Wildman–Crippen MR) is 84.2 cm³/mol. The molecule has 1 atom stereocenters. The van der Waals surface area contributed by atoms with Crippen molar-refractivity contribution in [2.24, 2.45) is 11.3 Å². The number of carbonyl (C=O) groups is 2. The number of hydrogen-bond donors (Lipinski definition) is 0. The van der Waals surface area contributed by atoms with E-state index in [1.165, 1.54) is 0 Å². The summed E-state index contributed by atoms with van der Waals surface area (Å²) >= 11 is 0. The number of halogens is 3. The third kappa shape index (κ3) is 5.11. The van der Waals surface area contributed by atoms with Crippen molar-refractivity contribution in [2.75, 3.05) is 19.6 Å². The number of amides is 2. The maximum Gasteiger partial charge on any atom is 0.406 e. The van der Waals surface area contributed by atoms with Gasteiger partial charge in [-0.05, 0) is 18.3 Å². The number of hydrogen-bond acceptors (Lipinski definition) is 2. The zero-order valence-electron chi connectivity index (χ0n) is 14.7. The van der Waals surface area contributed by atoms with Gasteiger partial charge in [-0.3, -0.25) is 9.59 Å². The van der Waals surface area contributed by atoms with E-state index in [1.807, 2.05) is 0 Å². The van der Waals surface area contributed by atoms with E-state index in [0.717, 1.165) is 30.6 Å². The molecule has 138 valence electrons. The van der Waals surface area contributed by atoms with Crippen LogP contribution in [0.1, 0.15) is 52.9 Å². The second-order valence-electron chi connectivity index (χ2n) is 8.26. The summed E-state index contributed by atoms with van der Waals surface area (Å²) in [6.07, 6.45) is -0.404. The Balaban J connectivity index is 2.07. The summed E-state index contributed by atoms with van der Waals surface area (Å²) in [7, 11) is 0. The van der Waals surface area contributed by atoms with Gasteiger partial charge in [-0.2, -0.15) is 13.2 Å². The summed E-state index contributed by atoms with van der Waals surface area (Å²) in [6, 6.07) is 0.161. The molecule has 0 spiro atoms. The van der Waals surface area contributed by atoms with E-state index < -0.39 is 30.0 Å². The van der Waals surface area contributed by atoms with E-state index in [1.54, 1.807) is 25.7 Å². The lowest BCUT2D eigenvalue weighted by Gasteiger charge is -2.32. The lowest BCUT2D eigenvalue weighted by Crippen LogP contribution is -2.46. The first kappa shape index (κ1) is 19.1. The first-order valence-corrected chi connectivity index (χ1v) is 8.61. The Labute approximate surface area is 141 Å². The highest BCUT2D eigenvalue weighted by Gasteiger charge is 2.43. The summed E-state index contributed by atoms with van der Waals surface area (Å²) in [5.41, 5.74) is -0.436. The molecule has 1 saturated heterocycles. The summed E-state index contributed by atoms with van der Waals surface area (Å²) in [5, 5.41) is 0. The van der Waals surface area contributed by atoms with Gasteiger partial charge in [0, 0.05) is 25.6 Å². The molecule has 2 fully saturated rings. The lowest BCUT2D eigenvalue weighted by atomic mass is 9.95. The first-order valence-electron chi connectivity index (χ1n) is 8.61. The Morgan fingerprint density at radius 1 is 1.17 bits per heavy atom. The summed E-state index contributed by atoms with van der Waals surface area (Å²) in [6.45, 7) is 4.44. The quantitative estimate of drug-likeness (QED) is 0.783. The van der Waals surface area contributed by atoms with Crippen LogP contribution in [-0.4, -0.2) is 53.5 Å². The normalized spacial score (nSPS) is 23.2. The van der Waals surface area contributed by atoms with Crippen molar-refractivity contribution in [1.82, 2.24) is 9.80 Å². The molecule has 0 N–H and O–H groups in total. The Morgan fingerprint density at radius 2 is 1.75 bits per heavy atom. The van der Waals surface area contributed by atoms with E-state index in [9.17, 15) is 22.8 Å². The minimum atomic E-state index is -4.44. The van der Waals surface area contributed by atoms with Crippen molar-refractivity contribution in [1.29, 1.82) is 0 Å². The number of carbonyl (C=O) groups excluding carboxylic acids is 2. The standard InChI is InChI=1S/C17H27F3N2O2/c1-16(2,3)10-21(11-17(18,19)20)15(24)12-8-14(23)22(9-12)13-6-4-5-7-13/h12-13H,4-11H2,1-3H3. The van der Waals surface area contributed by atoms with Gasteiger partial charge < -0.3 is 9.80 Å². The highest BCUT2D eigenvalue weighted by molar-refractivity contribution is 5.89. The molecule has 1 unspecified atom stereocenters. The third-order valence-electron chi connectivity index (χ3n) is 4.62. The molecule has 1 aliphatic heterocycles. The monoisotopic (exact) mass is 348 g/mol. The molecular formula is C17H27F3N2O2. The van der Waals surface area contributed by atoms with Crippen molar-refractivity contribution in [3.63, 3.8) is 0 Å². The van der Waals surface area contributed by atoms with Crippen molar-refractivity contribution >= 4 is 11.8 Å². The molecule has 2 aliphatic rings. The van der Waals surface area contributed by atoms with Gasteiger partial charge in [0.1, 0.15) is 6.54 Å². The van der Waals surface area contributed by atoms with E-state index in [4.69, 9.17) is 0 Å². The van der Waals surface area contributed by atoms with Gasteiger partial charge in [0.25, 0.3) is 0 Å². The van der Waals surface area contributed by atoms with Crippen LogP contribution in [0.2, 0.25) is 0 Å². The van der Waals surface area contributed by atoms with Crippen molar-refractivity contribution < 1.29 is 22.8 Å². The van der Waals surface area contributed by atoms with Gasteiger partial charge in [-0.25, -0.2) is 0 Å². The Bertz CT molecular complexity index is 463. The molecule has 0 radical (unpaired) electrons. The van der Waals surface area contributed by atoms with Crippen molar-refractivity contribution in [3.8, 4) is 0 Å². The molecule has 7 heteroatoms. The van der Waals surface area contributed by atoms with Gasteiger partial charge in [0.2, 0.25) is 11.8 Å². The van der Waals surface area contributed by atoms with Gasteiger partial charge in [-0.1, -0.05) is 33.6 Å². The van der Waals surface area contributed by atoms with Gasteiger partial charge in [0.05, 0.1) is 5.92 Å². The summed E-state index contributed by atoms with van der Waals surface area (Å²) in [5.74, 6) is -1.29. The average Bonchev–Trinajstić information content (AvgIpc) is 3.02. The highest BCUT2D eigenvalue weighted by atomic mass is 19.4. The predicted octanol–water partition coefficient (Wildman–Crippen LogP) is 3.21. The van der Waals surface area contributed by atoms with Gasteiger partial charge in [-0.15, -0.1) is 0 Å². The van der Waals surface area contributed by atoms with Gasteiger partial charge in [0.15, 0.2) is 0 Å². The van der Waals surface area contributed by atoms with Crippen LogP contribution >= 0.6 is 0 Å². The SMILES string of the molecule is CC(C)(C)CN(CC(F)(F)F)C(=O)C1CC(=O)N(C2CCCC2)C1. The van der Waals surface area contributed by atoms with Crippen LogP contribution in [-0.2, 0) is 9.59 Å². The van der Waals surface area contributed by atoms with E-state index in [-0.39, 0.29) is 31.5 Å². The van der Waals surface area contributed by atoms with Crippen LogP contribution in [0, 0.1) is 11.3 Å². The number of likely N-dealkylation sites (tertiary alicyclic amines) is 1. The molecule has 0 aromatic heterocycles. The molecule has 1 heterocycles. The second kappa shape index (κ2) is 6.92. The maximum absolute atomic E-state index is 12.9. The molecule has 0 aromatic rings. The second-order valence-corrected chi connectivity index (χ2v) is 8.26. The van der Waals surface area contributed by atoms with E-state index in [2.05, 4.69) is 0 Å². The highest BCUT2D eigenvalue weighted by Crippen LogP contribution is 2.31. The molecule has 0 bridgehead atoms. The molecule has 0 aromatic carbocycles. The average molecular weight is 348 g/mol. The molecule has 2 amide bonds. The number of rotatable bonds is 4. The fourth-order valence-corrected chi connectivity index (χ4v) is 3.72. The van der Waals surface area contributed by atoms with E-state index >= 15 is 0 Å². The molecule has 1 aliphatic carbocycles. The van der Waals surface area contributed by atoms with Crippen molar-refractivity contribution in [3.05, 3.63) is 0 Å². The Kier molecular flexibility index (Phi) is 5.50. The fourth-order valence-electron chi connectivity index (χ4n) is 3.72. The fraction of sp³-hybridized carbons (Fsp3) is 0.882. The number of alkyl halides is 3. The topological polar surface area (TPSA) is 40.6 Å². The number of nitrogens with zero attached hydrogens (tertiary/aromatic N) is 2. The molecule has 2 rings (SSSR count). The van der Waals surface area contributed by atoms with Gasteiger partial charge >= 0.3 is 6.18 Å².